The largest absolute Gasteiger partial charge is 0.465 e. The minimum atomic E-state index is -1.00. The second-order valence-corrected chi connectivity index (χ2v) is 7.48. The second-order valence-electron chi connectivity index (χ2n) is 7.07. The fourth-order valence-electron chi connectivity index (χ4n) is 3.27. The summed E-state index contributed by atoms with van der Waals surface area (Å²) in [6.45, 7) is 4.34. The molecule has 164 valence electrons. The number of halogens is 1. The zero-order chi connectivity index (χ0) is 22.4. The topological polar surface area (TPSA) is 60.4 Å². The van der Waals surface area contributed by atoms with Crippen LogP contribution >= 0.6 is 20.7 Å². The van der Waals surface area contributed by atoms with Gasteiger partial charge in [-0.05, 0) is 30.5 Å². The van der Waals surface area contributed by atoms with Crippen LogP contribution in [0.25, 0.3) is 0 Å². The zero-order valence-corrected chi connectivity index (χ0v) is 20.0. The average Bonchev–Trinajstić information content (AvgIpc) is 2.75. The molecule has 0 fully saturated rings. The molecular formula is C24H32ClO4P. The number of hydrogen-bond donors (Lipinski definition) is 0. The summed E-state index contributed by atoms with van der Waals surface area (Å²) in [5, 5.41) is 0.356. The van der Waals surface area contributed by atoms with Crippen molar-refractivity contribution in [1.82, 2.24) is 0 Å². The molecule has 2 unspecified atom stereocenters. The van der Waals surface area contributed by atoms with E-state index in [-0.39, 0.29) is 5.78 Å². The second kappa shape index (κ2) is 15.0. The molecule has 0 aliphatic rings. The van der Waals surface area contributed by atoms with Crippen molar-refractivity contribution in [3.63, 3.8) is 0 Å². The summed E-state index contributed by atoms with van der Waals surface area (Å²) in [6, 6.07) is 14.3. The molecule has 2 aromatic rings. The van der Waals surface area contributed by atoms with Gasteiger partial charge in [0.1, 0.15) is 5.92 Å². The van der Waals surface area contributed by atoms with E-state index in [2.05, 4.69) is 6.92 Å². The van der Waals surface area contributed by atoms with Crippen molar-refractivity contribution in [3.8, 4) is 0 Å². The van der Waals surface area contributed by atoms with E-state index in [1.165, 1.54) is 19.3 Å². The highest BCUT2D eigenvalue weighted by Gasteiger charge is 2.32. The lowest BCUT2D eigenvalue weighted by Crippen LogP contribution is -2.25. The Balaban J connectivity index is 0.00000218. The van der Waals surface area contributed by atoms with Crippen molar-refractivity contribution in [3.05, 3.63) is 70.2 Å². The summed E-state index contributed by atoms with van der Waals surface area (Å²) in [5.74, 6) is -1.83. The first-order chi connectivity index (χ1) is 14.6. The number of carbonyl (C=O) groups excluding carboxylic acids is 2. The molecule has 2 atom stereocenters. The molecule has 0 saturated heterocycles. The van der Waals surface area contributed by atoms with Crippen LogP contribution in [0, 0.1) is 6.92 Å². The van der Waals surface area contributed by atoms with Crippen LogP contribution in [0.15, 0.2) is 48.5 Å². The molecule has 2 aromatic carbocycles. The SMILES string of the molecule is CCCCCCCCOC(=O)C(C(=O)c1c(C)cccc1Cl)c1ccccc1.O=[PH3]. The maximum atomic E-state index is 13.3. The van der Waals surface area contributed by atoms with Gasteiger partial charge in [-0.1, -0.05) is 93.1 Å². The molecule has 0 heterocycles. The van der Waals surface area contributed by atoms with Gasteiger partial charge < -0.3 is 9.30 Å². The number of unbranched alkanes of at least 4 members (excludes halogenated alkanes) is 5. The van der Waals surface area contributed by atoms with Crippen LogP contribution in [0.2, 0.25) is 5.02 Å². The number of aryl methyl sites for hydroxylation is 1. The lowest BCUT2D eigenvalue weighted by atomic mass is 9.89. The maximum absolute atomic E-state index is 13.3. The smallest absolute Gasteiger partial charge is 0.321 e. The summed E-state index contributed by atoms with van der Waals surface area (Å²) in [6.07, 6.45) is 6.64. The predicted octanol–water partition coefficient (Wildman–Crippen LogP) is 6.46. The normalized spacial score (nSPS) is 11.3. The summed E-state index contributed by atoms with van der Waals surface area (Å²) in [4.78, 5) is 26.1. The Bertz CT molecular complexity index is 775. The van der Waals surface area contributed by atoms with E-state index >= 15 is 0 Å². The third kappa shape index (κ3) is 8.08. The Morgan fingerprint density at radius 2 is 1.57 bits per heavy atom. The Morgan fingerprint density at radius 1 is 0.933 bits per heavy atom. The molecule has 6 heteroatoms. The Kier molecular flexibility index (Phi) is 13.1. The van der Waals surface area contributed by atoms with E-state index in [0.717, 1.165) is 24.8 Å². The van der Waals surface area contributed by atoms with Crippen molar-refractivity contribution < 1.29 is 18.9 Å². The molecule has 0 spiro atoms. The highest BCUT2D eigenvalue weighted by Crippen LogP contribution is 2.29. The lowest BCUT2D eigenvalue weighted by molar-refractivity contribution is -0.144. The maximum Gasteiger partial charge on any atom is 0.321 e. The summed E-state index contributed by atoms with van der Waals surface area (Å²) < 4.78 is 13.8. The van der Waals surface area contributed by atoms with Gasteiger partial charge in [-0.25, -0.2) is 0 Å². The van der Waals surface area contributed by atoms with Crippen molar-refractivity contribution >= 4 is 32.5 Å². The first-order valence-corrected chi connectivity index (χ1v) is 11.3. The number of ketones is 1. The van der Waals surface area contributed by atoms with Gasteiger partial charge in [-0.15, -0.1) is 0 Å². The monoisotopic (exact) mass is 450 g/mol. The van der Waals surface area contributed by atoms with Crippen LogP contribution in [0.1, 0.15) is 72.9 Å². The van der Waals surface area contributed by atoms with Crippen molar-refractivity contribution in [2.75, 3.05) is 6.61 Å². The van der Waals surface area contributed by atoms with Gasteiger partial charge in [0.05, 0.1) is 20.7 Å². The standard InChI is InChI=1S/C24H29ClO3.H3OP/c1-3-4-5-6-7-11-17-28-24(27)22(19-14-9-8-10-15-19)23(26)21-18(2)13-12-16-20(21)25;1-2/h8-10,12-16,22H,3-7,11,17H2,1-2H3;2H3. The molecule has 0 aliphatic heterocycles. The van der Waals surface area contributed by atoms with Gasteiger partial charge in [0.15, 0.2) is 5.78 Å². The molecule has 0 aromatic heterocycles. The molecule has 4 nitrogen and oxygen atoms in total. The fraction of sp³-hybridized carbons (Fsp3) is 0.417. The first-order valence-electron chi connectivity index (χ1n) is 10.4. The molecule has 0 aliphatic carbocycles. The average molecular weight is 451 g/mol. The molecular weight excluding hydrogens is 419 g/mol. The van der Waals surface area contributed by atoms with E-state index in [4.69, 9.17) is 20.9 Å². The number of benzene rings is 2. The van der Waals surface area contributed by atoms with Crippen LogP contribution in [-0.4, -0.2) is 18.4 Å². The van der Waals surface area contributed by atoms with Crippen molar-refractivity contribution in [2.45, 2.75) is 58.3 Å². The third-order valence-corrected chi connectivity index (χ3v) is 5.16. The van der Waals surface area contributed by atoms with Gasteiger partial charge in [0, 0.05) is 5.56 Å². The molecule has 0 amide bonds. The highest BCUT2D eigenvalue weighted by atomic mass is 35.5. The number of Topliss-reactive ketones (excluding diaryl/α,β-unsaturated/α-hetero) is 1. The molecule has 30 heavy (non-hydrogen) atoms. The van der Waals surface area contributed by atoms with Gasteiger partial charge in [0.2, 0.25) is 0 Å². The van der Waals surface area contributed by atoms with Crippen LogP contribution in [-0.2, 0) is 14.1 Å². The van der Waals surface area contributed by atoms with Crippen molar-refractivity contribution in [2.24, 2.45) is 0 Å². The van der Waals surface area contributed by atoms with Crippen LogP contribution in [0.3, 0.4) is 0 Å². The Morgan fingerprint density at radius 3 is 2.20 bits per heavy atom. The van der Waals surface area contributed by atoms with E-state index < -0.39 is 11.9 Å². The molecule has 0 bridgehead atoms. The van der Waals surface area contributed by atoms with E-state index in [1.807, 2.05) is 31.2 Å². The zero-order valence-electron chi connectivity index (χ0n) is 17.9. The predicted molar refractivity (Wildman–Crippen MR) is 126 cm³/mol. The fourth-order valence-corrected chi connectivity index (χ4v) is 3.58. The number of rotatable bonds is 11. The van der Waals surface area contributed by atoms with Crippen molar-refractivity contribution in [1.29, 1.82) is 0 Å². The minimum Gasteiger partial charge on any atom is -0.465 e. The molecule has 0 N–H and O–H groups in total. The third-order valence-electron chi connectivity index (χ3n) is 4.84. The first kappa shape index (κ1) is 26.1. The number of hydrogen-bond acceptors (Lipinski definition) is 4. The highest BCUT2D eigenvalue weighted by molar-refractivity contribution is 7.00. The molecule has 0 saturated carbocycles. The number of carbonyl (C=O) groups is 2. The van der Waals surface area contributed by atoms with Gasteiger partial charge >= 0.3 is 5.97 Å². The lowest BCUT2D eigenvalue weighted by Gasteiger charge is -2.17. The summed E-state index contributed by atoms with van der Waals surface area (Å²) in [5.41, 5.74) is 1.76. The molecule has 2 rings (SSSR count). The van der Waals surface area contributed by atoms with Crippen LogP contribution < -0.4 is 0 Å². The van der Waals surface area contributed by atoms with Gasteiger partial charge in [-0.2, -0.15) is 0 Å². The van der Waals surface area contributed by atoms with Crippen LogP contribution in [0.4, 0.5) is 0 Å². The quantitative estimate of drug-likeness (QED) is 0.130. The summed E-state index contributed by atoms with van der Waals surface area (Å²) >= 11 is 6.27. The molecule has 0 radical (unpaired) electrons. The number of esters is 1. The Hall–Kier alpha value is -1.90. The van der Waals surface area contributed by atoms with Crippen LogP contribution in [0.5, 0.6) is 0 Å². The Labute approximate surface area is 186 Å². The van der Waals surface area contributed by atoms with E-state index in [1.54, 1.807) is 24.3 Å². The van der Waals surface area contributed by atoms with E-state index in [0.29, 0.717) is 31.9 Å². The van der Waals surface area contributed by atoms with E-state index in [9.17, 15) is 9.59 Å². The summed E-state index contributed by atoms with van der Waals surface area (Å²) in [7, 11) is 0.611. The number of ether oxygens (including phenoxy) is 1. The van der Waals surface area contributed by atoms with Gasteiger partial charge in [-0.3, -0.25) is 9.59 Å². The van der Waals surface area contributed by atoms with Gasteiger partial charge in [0.25, 0.3) is 0 Å². The minimum absolute atomic E-state index is 0.317.